The van der Waals surface area contributed by atoms with Crippen LogP contribution in [0.2, 0.25) is 0 Å². The van der Waals surface area contributed by atoms with Gasteiger partial charge in [-0.15, -0.1) is 11.8 Å². The summed E-state index contributed by atoms with van der Waals surface area (Å²) in [4.78, 5) is 12.9. The van der Waals surface area contributed by atoms with Crippen molar-refractivity contribution in [2.45, 2.75) is 36.3 Å². The highest BCUT2D eigenvalue weighted by Gasteiger charge is 2.25. The van der Waals surface area contributed by atoms with Gasteiger partial charge in [0, 0.05) is 4.90 Å². The highest BCUT2D eigenvalue weighted by atomic mass is 32.2. The van der Waals surface area contributed by atoms with E-state index >= 15 is 0 Å². The quantitative estimate of drug-likeness (QED) is 0.848. The number of carbonyl (C=O) groups is 1. The first-order valence-corrected chi connectivity index (χ1v) is 6.25. The molecule has 80 valence electrons. The van der Waals surface area contributed by atoms with Crippen molar-refractivity contribution in [3.63, 3.8) is 0 Å². The Morgan fingerprint density at radius 3 is 3.00 bits per heavy atom. The molecule has 1 heterocycles. The van der Waals surface area contributed by atoms with E-state index in [1.54, 1.807) is 11.8 Å². The number of unbranched alkanes of at least 4 members (excludes halogenated alkanes) is 1. The van der Waals surface area contributed by atoms with Gasteiger partial charge in [0.1, 0.15) is 0 Å². The average Bonchev–Trinajstić information content (AvgIpc) is 2.26. The largest absolute Gasteiger partial charge is 0.324 e. The van der Waals surface area contributed by atoms with Crippen molar-refractivity contribution in [1.29, 1.82) is 0 Å². The van der Waals surface area contributed by atoms with E-state index in [-0.39, 0.29) is 11.2 Å². The van der Waals surface area contributed by atoms with Crippen LogP contribution in [0.15, 0.2) is 29.2 Å². The fourth-order valence-corrected chi connectivity index (χ4v) is 2.83. The maximum atomic E-state index is 11.7. The Hall–Kier alpha value is -0.960. The number of hydrogen-bond acceptors (Lipinski definition) is 2. The molecule has 0 saturated carbocycles. The zero-order chi connectivity index (χ0) is 10.7. The molecule has 1 aliphatic rings. The summed E-state index contributed by atoms with van der Waals surface area (Å²) in [5.41, 5.74) is 0.959. The van der Waals surface area contributed by atoms with Gasteiger partial charge in [-0.3, -0.25) is 4.79 Å². The molecule has 0 radical (unpaired) electrons. The summed E-state index contributed by atoms with van der Waals surface area (Å²) in [5.74, 6) is 0.159. The Morgan fingerprint density at radius 2 is 2.20 bits per heavy atom. The van der Waals surface area contributed by atoms with E-state index in [2.05, 4.69) is 18.3 Å². The van der Waals surface area contributed by atoms with E-state index in [1.807, 2.05) is 18.2 Å². The first-order chi connectivity index (χ1) is 7.31. The topological polar surface area (TPSA) is 29.1 Å². The molecular weight excluding hydrogens is 206 g/mol. The van der Waals surface area contributed by atoms with Crippen LogP contribution >= 0.6 is 11.8 Å². The van der Waals surface area contributed by atoms with Crippen LogP contribution in [0.1, 0.15) is 26.2 Å². The maximum absolute atomic E-state index is 11.7. The highest BCUT2D eigenvalue weighted by Crippen LogP contribution is 2.37. The van der Waals surface area contributed by atoms with Crippen LogP contribution in [0.25, 0.3) is 0 Å². The molecule has 0 aliphatic carbocycles. The molecule has 2 nitrogen and oxygen atoms in total. The molecule has 1 N–H and O–H groups in total. The number of amides is 1. The predicted molar refractivity (Wildman–Crippen MR) is 64.2 cm³/mol. The third kappa shape index (κ3) is 2.34. The SMILES string of the molecule is CCCCC1Sc2ccccc2NC1=O. The molecular formula is C12H15NOS. The summed E-state index contributed by atoms with van der Waals surface area (Å²) in [6.07, 6.45) is 3.24. The molecule has 2 rings (SSSR count). The molecule has 1 unspecified atom stereocenters. The van der Waals surface area contributed by atoms with Crippen molar-refractivity contribution in [1.82, 2.24) is 0 Å². The van der Waals surface area contributed by atoms with Crippen LogP contribution in [-0.4, -0.2) is 11.2 Å². The number of carbonyl (C=O) groups excluding carboxylic acids is 1. The second-order valence-electron chi connectivity index (χ2n) is 3.73. The minimum atomic E-state index is 0.0971. The maximum Gasteiger partial charge on any atom is 0.237 e. The molecule has 1 amide bonds. The van der Waals surface area contributed by atoms with Gasteiger partial charge in [-0.05, 0) is 18.6 Å². The van der Waals surface area contributed by atoms with Gasteiger partial charge in [0.05, 0.1) is 10.9 Å². The van der Waals surface area contributed by atoms with Crippen molar-refractivity contribution in [2.24, 2.45) is 0 Å². The van der Waals surface area contributed by atoms with Gasteiger partial charge < -0.3 is 5.32 Å². The van der Waals surface area contributed by atoms with Crippen LogP contribution < -0.4 is 5.32 Å². The Kier molecular flexibility index (Phi) is 3.31. The predicted octanol–water partition coefficient (Wildman–Crippen LogP) is 3.29. The second-order valence-corrected chi connectivity index (χ2v) is 4.98. The molecule has 1 aromatic rings. The van der Waals surface area contributed by atoms with Crippen molar-refractivity contribution in [3.8, 4) is 0 Å². The van der Waals surface area contributed by atoms with Crippen molar-refractivity contribution >= 4 is 23.4 Å². The fourth-order valence-electron chi connectivity index (χ4n) is 1.67. The van der Waals surface area contributed by atoms with Crippen molar-refractivity contribution in [3.05, 3.63) is 24.3 Å². The third-order valence-electron chi connectivity index (χ3n) is 2.53. The minimum Gasteiger partial charge on any atom is -0.324 e. The number of benzene rings is 1. The van der Waals surface area contributed by atoms with Crippen LogP contribution in [0.4, 0.5) is 5.69 Å². The molecule has 1 aromatic carbocycles. The number of anilines is 1. The zero-order valence-electron chi connectivity index (χ0n) is 8.82. The molecule has 0 bridgehead atoms. The van der Waals surface area contributed by atoms with Gasteiger partial charge in [-0.2, -0.15) is 0 Å². The monoisotopic (exact) mass is 221 g/mol. The summed E-state index contributed by atoms with van der Waals surface area (Å²) in [6, 6.07) is 7.99. The molecule has 1 aliphatic heterocycles. The van der Waals surface area contributed by atoms with E-state index in [9.17, 15) is 4.79 Å². The Morgan fingerprint density at radius 1 is 1.40 bits per heavy atom. The number of thioether (sulfide) groups is 1. The van der Waals surface area contributed by atoms with Gasteiger partial charge in [-0.25, -0.2) is 0 Å². The minimum absolute atomic E-state index is 0.0971. The molecule has 0 spiro atoms. The smallest absolute Gasteiger partial charge is 0.237 e. The van der Waals surface area contributed by atoms with Gasteiger partial charge in [0.15, 0.2) is 0 Å². The van der Waals surface area contributed by atoms with Gasteiger partial charge >= 0.3 is 0 Å². The second kappa shape index (κ2) is 4.71. The zero-order valence-corrected chi connectivity index (χ0v) is 9.64. The van der Waals surface area contributed by atoms with Crippen LogP contribution in [0.3, 0.4) is 0 Å². The first-order valence-electron chi connectivity index (χ1n) is 5.38. The van der Waals surface area contributed by atoms with Gasteiger partial charge in [0.2, 0.25) is 5.91 Å². The summed E-state index contributed by atoms with van der Waals surface area (Å²) in [7, 11) is 0. The molecule has 0 aromatic heterocycles. The van der Waals surface area contributed by atoms with E-state index in [1.165, 1.54) is 4.90 Å². The van der Waals surface area contributed by atoms with Crippen molar-refractivity contribution < 1.29 is 4.79 Å². The van der Waals surface area contributed by atoms with E-state index in [0.29, 0.717) is 0 Å². The number of hydrogen-bond donors (Lipinski definition) is 1. The lowest BCUT2D eigenvalue weighted by molar-refractivity contribution is -0.115. The summed E-state index contributed by atoms with van der Waals surface area (Å²) in [6.45, 7) is 2.15. The van der Waals surface area contributed by atoms with Crippen LogP contribution in [0, 0.1) is 0 Å². The lowest BCUT2D eigenvalue weighted by Gasteiger charge is -2.23. The lowest BCUT2D eigenvalue weighted by Crippen LogP contribution is -2.28. The number of nitrogens with one attached hydrogen (secondary N) is 1. The summed E-state index contributed by atoms with van der Waals surface area (Å²) >= 11 is 1.69. The molecule has 3 heteroatoms. The number of para-hydroxylation sites is 1. The Balaban J connectivity index is 2.11. The summed E-state index contributed by atoms with van der Waals surface area (Å²) < 4.78 is 0. The molecule has 15 heavy (non-hydrogen) atoms. The third-order valence-corrected chi connectivity index (χ3v) is 3.87. The van der Waals surface area contributed by atoms with Crippen LogP contribution in [0.5, 0.6) is 0 Å². The van der Waals surface area contributed by atoms with Gasteiger partial charge in [-0.1, -0.05) is 31.9 Å². The summed E-state index contributed by atoms with van der Waals surface area (Å²) in [5, 5.41) is 3.06. The number of fused-ring (bicyclic) bond motifs is 1. The Bertz CT molecular complexity index is 364. The standard InChI is InChI=1S/C12H15NOS/c1-2-3-7-11-12(14)13-9-6-4-5-8-10(9)15-11/h4-6,8,11H,2-3,7H2,1H3,(H,13,14). The first kappa shape index (κ1) is 10.6. The molecule has 0 saturated heterocycles. The molecule has 1 atom stereocenters. The Labute approximate surface area is 94.4 Å². The number of rotatable bonds is 3. The average molecular weight is 221 g/mol. The van der Waals surface area contributed by atoms with Crippen LogP contribution in [-0.2, 0) is 4.79 Å². The molecule has 0 fully saturated rings. The highest BCUT2D eigenvalue weighted by molar-refractivity contribution is 8.01. The van der Waals surface area contributed by atoms with E-state index in [0.717, 1.165) is 24.9 Å². The van der Waals surface area contributed by atoms with E-state index < -0.39 is 0 Å². The van der Waals surface area contributed by atoms with E-state index in [4.69, 9.17) is 0 Å². The van der Waals surface area contributed by atoms with Gasteiger partial charge in [0.25, 0.3) is 0 Å². The normalized spacial score (nSPS) is 19.5. The lowest BCUT2D eigenvalue weighted by atomic mass is 10.2. The van der Waals surface area contributed by atoms with Crippen molar-refractivity contribution in [2.75, 3.05) is 5.32 Å². The fraction of sp³-hybridized carbons (Fsp3) is 0.417.